The Kier molecular flexibility index (Phi) is 4.40. The molecule has 0 radical (unpaired) electrons. The molecule has 0 aliphatic rings. The van der Waals surface area contributed by atoms with Crippen LogP contribution in [0.2, 0.25) is 0 Å². The first-order valence-electron chi connectivity index (χ1n) is 8.21. The zero-order valence-electron chi connectivity index (χ0n) is 13.7. The van der Waals surface area contributed by atoms with Crippen molar-refractivity contribution in [3.8, 4) is 22.3 Å². The predicted octanol–water partition coefficient (Wildman–Crippen LogP) is 5.24. The Hall–Kier alpha value is -2.78. The lowest BCUT2D eigenvalue weighted by molar-refractivity contribution is -0.725. The Labute approximate surface area is 152 Å². The van der Waals surface area contributed by atoms with Gasteiger partial charge in [-0.15, -0.1) is 0 Å². The molecule has 4 rings (SSSR count). The van der Waals surface area contributed by atoms with Crippen molar-refractivity contribution >= 4 is 12.6 Å². The van der Waals surface area contributed by atoms with E-state index < -0.39 is 0 Å². The Balaban J connectivity index is 1.88. The molecule has 0 saturated heterocycles. The Morgan fingerprint density at radius 2 is 1.40 bits per heavy atom. The van der Waals surface area contributed by atoms with E-state index in [-0.39, 0.29) is 0 Å². The number of hydrogen-bond donors (Lipinski definition) is 1. The quantitative estimate of drug-likeness (QED) is 0.396. The molecule has 3 heteroatoms. The van der Waals surface area contributed by atoms with Crippen molar-refractivity contribution in [3.63, 3.8) is 0 Å². The summed E-state index contributed by atoms with van der Waals surface area (Å²) in [7, 11) is 0. The van der Waals surface area contributed by atoms with Gasteiger partial charge in [0.2, 0.25) is 11.6 Å². The topological polar surface area (TPSA) is 17.0 Å². The maximum Gasteiger partial charge on any atom is 0.238 e. The summed E-state index contributed by atoms with van der Waals surface area (Å²) in [6, 6.07) is 26.9. The van der Waals surface area contributed by atoms with Crippen LogP contribution >= 0.6 is 12.6 Å². The van der Waals surface area contributed by atoms with E-state index in [1.807, 2.05) is 24.3 Å². The van der Waals surface area contributed by atoms with E-state index in [1.54, 1.807) is 6.26 Å². The smallest absolute Gasteiger partial charge is 0.238 e. The van der Waals surface area contributed by atoms with Crippen LogP contribution in [0.1, 0.15) is 5.76 Å². The third-order valence-electron chi connectivity index (χ3n) is 4.22. The molecule has 2 aromatic heterocycles. The SMILES string of the molecule is Sc1cc(-c2ccccc2)c(-c2ccccc2)c[n+]1Cc1ccco1. The van der Waals surface area contributed by atoms with Crippen molar-refractivity contribution in [1.82, 2.24) is 0 Å². The molecule has 0 N–H and O–H groups in total. The lowest BCUT2D eigenvalue weighted by Gasteiger charge is -2.11. The molecule has 0 fully saturated rings. The molecule has 0 aliphatic carbocycles. The second-order valence-corrected chi connectivity index (χ2v) is 6.36. The van der Waals surface area contributed by atoms with Gasteiger partial charge in [-0.3, -0.25) is 0 Å². The number of thiol groups is 1. The van der Waals surface area contributed by atoms with E-state index in [2.05, 4.69) is 65.4 Å². The van der Waals surface area contributed by atoms with Crippen molar-refractivity contribution in [2.24, 2.45) is 0 Å². The highest BCUT2D eigenvalue weighted by atomic mass is 32.1. The fraction of sp³-hybridized carbons (Fsp3) is 0.0455. The van der Waals surface area contributed by atoms with E-state index in [9.17, 15) is 0 Å². The van der Waals surface area contributed by atoms with Crippen molar-refractivity contribution in [3.05, 3.63) is 97.1 Å². The first-order valence-corrected chi connectivity index (χ1v) is 8.65. The number of hydrogen-bond acceptors (Lipinski definition) is 2. The van der Waals surface area contributed by atoms with Gasteiger partial charge in [-0.2, -0.15) is 4.57 Å². The van der Waals surface area contributed by atoms with E-state index in [1.165, 1.54) is 22.3 Å². The molecule has 0 spiro atoms. The molecule has 0 aliphatic heterocycles. The fourth-order valence-electron chi connectivity index (χ4n) is 2.98. The predicted molar refractivity (Wildman–Crippen MR) is 103 cm³/mol. The zero-order chi connectivity index (χ0) is 17.1. The summed E-state index contributed by atoms with van der Waals surface area (Å²) in [5, 5.41) is 0.898. The van der Waals surface area contributed by atoms with Crippen molar-refractivity contribution in [1.29, 1.82) is 0 Å². The first-order chi connectivity index (χ1) is 12.3. The van der Waals surface area contributed by atoms with Gasteiger partial charge in [0.05, 0.1) is 11.8 Å². The summed E-state index contributed by atoms with van der Waals surface area (Å²) in [5.74, 6) is 0.909. The third-order valence-corrected chi connectivity index (χ3v) is 4.60. The van der Waals surface area contributed by atoms with Gasteiger partial charge in [-0.1, -0.05) is 73.3 Å². The Bertz CT molecular complexity index is 964. The van der Waals surface area contributed by atoms with Crippen LogP contribution < -0.4 is 4.57 Å². The summed E-state index contributed by atoms with van der Waals surface area (Å²) in [4.78, 5) is 0. The summed E-state index contributed by atoms with van der Waals surface area (Å²) in [6.07, 6.45) is 3.85. The fourth-order valence-corrected chi connectivity index (χ4v) is 3.24. The molecule has 2 heterocycles. The molecule has 122 valence electrons. The number of pyridine rings is 1. The van der Waals surface area contributed by atoms with E-state index >= 15 is 0 Å². The molecule has 4 aromatic rings. The first kappa shape index (κ1) is 15.7. The van der Waals surface area contributed by atoms with Gasteiger partial charge in [-0.05, 0) is 23.3 Å². The maximum absolute atomic E-state index is 5.50. The zero-order valence-corrected chi connectivity index (χ0v) is 14.6. The number of furan rings is 1. The Morgan fingerprint density at radius 1 is 0.760 bits per heavy atom. The Morgan fingerprint density at radius 3 is 2.00 bits per heavy atom. The minimum absolute atomic E-state index is 0.654. The molecule has 0 unspecified atom stereocenters. The van der Waals surface area contributed by atoms with Crippen molar-refractivity contribution < 1.29 is 8.98 Å². The van der Waals surface area contributed by atoms with Gasteiger partial charge in [-0.25, -0.2) is 0 Å². The molecule has 0 bridgehead atoms. The van der Waals surface area contributed by atoms with E-state index in [0.717, 1.165) is 10.8 Å². The molecular weight excluding hydrogens is 326 g/mol. The van der Waals surface area contributed by atoms with E-state index in [4.69, 9.17) is 17.0 Å². The highest BCUT2D eigenvalue weighted by Crippen LogP contribution is 2.32. The largest absolute Gasteiger partial charge is 0.463 e. The molecule has 2 aromatic carbocycles. The highest BCUT2D eigenvalue weighted by Gasteiger charge is 2.18. The monoisotopic (exact) mass is 344 g/mol. The van der Waals surface area contributed by atoms with Gasteiger partial charge in [0.15, 0.2) is 12.0 Å². The number of aromatic nitrogens is 1. The second-order valence-electron chi connectivity index (χ2n) is 5.90. The summed E-state index contributed by atoms with van der Waals surface area (Å²) in [5.41, 5.74) is 4.72. The van der Waals surface area contributed by atoms with Crippen LogP contribution in [0, 0.1) is 0 Å². The van der Waals surface area contributed by atoms with Crippen LogP contribution in [0.4, 0.5) is 0 Å². The highest BCUT2D eigenvalue weighted by molar-refractivity contribution is 7.80. The van der Waals surface area contributed by atoms with Crippen LogP contribution in [0.5, 0.6) is 0 Å². The van der Waals surface area contributed by atoms with Gasteiger partial charge < -0.3 is 4.42 Å². The second kappa shape index (κ2) is 6.99. The lowest BCUT2D eigenvalue weighted by Crippen LogP contribution is -2.36. The summed E-state index contributed by atoms with van der Waals surface area (Å²) in [6.45, 7) is 0.654. The number of nitrogens with zero attached hydrogens (tertiary/aromatic N) is 1. The van der Waals surface area contributed by atoms with Crippen LogP contribution in [-0.4, -0.2) is 0 Å². The van der Waals surface area contributed by atoms with E-state index in [0.29, 0.717) is 6.54 Å². The molecule has 2 nitrogen and oxygen atoms in total. The van der Waals surface area contributed by atoms with Gasteiger partial charge in [0.1, 0.15) is 0 Å². The van der Waals surface area contributed by atoms with Crippen LogP contribution in [0.3, 0.4) is 0 Å². The van der Waals surface area contributed by atoms with Gasteiger partial charge in [0.25, 0.3) is 0 Å². The molecule has 0 atom stereocenters. The molecule has 0 saturated carbocycles. The normalized spacial score (nSPS) is 10.8. The average molecular weight is 344 g/mol. The lowest BCUT2D eigenvalue weighted by atomic mass is 9.96. The van der Waals surface area contributed by atoms with Crippen LogP contribution in [0.15, 0.2) is 101 Å². The summed E-state index contributed by atoms with van der Waals surface area (Å²) >= 11 is 4.71. The molecular formula is C22H18NOS+. The standard InChI is InChI=1S/C22H17NOS/c25-22-14-20(17-8-3-1-4-9-17)21(18-10-5-2-6-11-18)16-23(22)15-19-12-7-13-24-19/h1-14,16H,15H2/p+1. The summed E-state index contributed by atoms with van der Waals surface area (Å²) < 4.78 is 7.61. The minimum Gasteiger partial charge on any atom is -0.463 e. The van der Waals surface area contributed by atoms with Gasteiger partial charge >= 0.3 is 0 Å². The van der Waals surface area contributed by atoms with Gasteiger partial charge in [0, 0.05) is 11.6 Å². The van der Waals surface area contributed by atoms with Crippen LogP contribution in [0.25, 0.3) is 22.3 Å². The molecule has 0 amide bonds. The number of benzene rings is 2. The van der Waals surface area contributed by atoms with Crippen LogP contribution in [-0.2, 0) is 6.54 Å². The number of rotatable bonds is 4. The minimum atomic E-state index is 0.654. The molecule has 25 heavy (non-hydrogen) atoms. The average Bonchev–Trinajstić information content (AvgIpc) is 3.18. The maximum atomic E-state index is 5.50. The van der Waals surface area contributed by atoms with Crippen molar-refractivity contribution in [2.75, 3.05) is 0 Å². The van der Waals surface area contributed by atoms with Crippen molar-refractivity contribution in [2.45, 2.75) is 11.6 Å². The third kappa shape index (κ3) is 3.37.